The molecule has 18 heavy (non-hydrogen) atoms. The first-order chi connectivity index (χ1) is 8.75. The topological polar surface area (TPSA) is 20.2 Å². The molecule has 1 nitrogen and oxygen atoms in total. The van der Waals surface area contributed by atoms with Crippen LogP contribution < -0.4 is 0 Å². The zero-order chi connectivity index (χ0) is 12.8. The summed E-state index contributed by atoms with van der Waals surface area (Å²) in [7, 11) is 0. The van der Waals surface area contributed by atoms with E-state index in [0.29, 0.717) is 6.42 Å². The third-order valence-corrected chi connectivity index (χ3v) is 2.91. The summed E-state index contributed by atoms with van der Waals surface area (Å²) < 4.78 is 0. The molecule has 0 saturated carbocycles. The van der Waals surface area contributed by atoms with Crippen LogP contribution in [0.2, 0.25) is 0 Å². The third-order valence-electron chi connectivity index (χ3n) is 2.91. The molecule has 0 spiro atoms. The lowest BCUT2D eigenvalue weighted by Crippen LogP contribution is -1.97. The molecule has 0 aromatic heterocycles. The number of aliphatic hydroxyl groups excluding tert-OH is 1. The van der Waals surface area contributed by atoms with E-state index in [4.69, 9.17) is 0 Å². The maximum Gasteiger partial charge on any atom is 0.0827 e. The largest absolute Gasteiger partial charge is 0.388 e. The predicted molar refractivity (Wildman–Crippen MR) is 76.1 cm³/mol. The van der Waals surface area contributed by atoms with E-state index in [2.05, 4.69) is 25.1 Å². The van der Waals surface area contributed by atoms with Gasteiger partial charge in [-0.05, 0) is 24.5 Å². The fraction of sp³-hybridized carbons (Fsp3) is 0.176. The Morgan fingerprint density at radius 3 is 2.17 bits per heavy atom. The van der Waals surface area contributed by atoms with Crippen LogP contribution in [0.25, 0.3) is 6.08 Å². The highest BCUT2D eigenvalue weighted by Crippen LogP contribution is 2.21. The third kappa shape index (κ3) is 3.57. The van der Waals surface area contributed by atoms with Gasteiger partial charge in [-0.2, -0.15) is 0 Å². The summed E-state index contributed by atoms with van der Waals surface area (Å²) in [6, 6.07) is 20.0. The zero-order valence-corrected chi connectivity index (χ0v) is 10.6. The Labute approximate surface area is 108 Å². The predicted octanol–water partition coefficient (Wildman–Crippen LogP) is 4.21. The van der Waals surface area contributed by atoms with Crippen molar-refractivity contribution in [2.75, 3.05) is 0 Å². The van der Waals surface area contributed by atoms with Crippen molar-refractivity contribution in [1.82, 2.24) is 0 Å². The van der Waals surface area contributed by atoms with Crippen molar-refractivity contribution in [3.8, 4) is 0 Å². The summed E-state index contributed by atoms with van der Waals surface area (Å²) in [5, 5.41) is 10.1. The van der Waals surface area contributed by atoms with Gasteiger partial charge in [0.1, 0.15) is 0 Å². The number of aliphatic hydroxyl groups is 1. The molecule has 1 atom stereocenters. The molecule has 1 unspecified atom stereocenters. The molecule has 1 N–H and O–H groups in total. The smallest absolute Gasteiger partial charge is 0.0827 e. The van der Waals surface area contributed by atoms with E-state index in [1.54, 1.807) is 0 Å². The lowest BCUT2D eigenvalue weighted by atomic mass is 10.0. The van der Waals surface area contributed by atoms with E-state index in [1.807, 2.05) is 48.5 Å². The highest BCUT2D eigenvalue weighted by Gasteiger charge is 2.07. The SMILES string of the molecule is C/C(=C/c1ccccc1)CC(O)c1ccccc1. The fourth-order valence-electron chi connectivity index (χ4n) is 1.99. The average molecular weight is 238 g/mol. The molecule has 0 heterocycles. The number of rotatable bonds is 4. The molecule has 0 aliphatic heterocycles. The number of hydrogen-bond acceptors (Lipinski definition) is 1. The molecule has 0 bridgehead atoms. The Morgan fingerprint density at radius 1 is 1.00 bits per heavy atom. The molecule has 2 rings (SSSR count). The van der Waals surface area contributed by atoms with E-state index in [1.165, 1.54) is 11.1 Å². The van der Waals surface area contributed by atoms with Crippen molar-refractivity contribution in [3.05, 3.63) is 77.4 Å². The van der Waals surface area contributed by atoms with Crippen LogP contribution >= 0.6 is 0 Å². The lowest BCUT2D eigenvalue weighted by molar-refractivity contribution is 0.178. The van der Waals surface area contributed by atoms with Crippen LogP contribution in [-0.4, -0.2) is 5.11 Å². The van der Waals surface area contributed by atoms with E-state index < -0.39 is 6.10 Å². The van der Waals surface area contributed by atoms with Crippen LogP contribution in [-0.2, 0) is 0 Å². The average Bonchev–Trinajstić information content (AvgIpc) is 2.40. The van der Waals surface area contributed by atoms with Crippen molar-refractivity contribution < 1.29 is 5.11 Å². The molecule has 2 aromatic rings. The summed E-state index contributed by atoms with van der Waals surface area (Å²) in [5.74, 6) is 0. The fourth-order valence-corrected chi connectivity index (χ4v) is 1.99. The highest BCUT2D eigenvalue weighted by molar-refractivity contribution is 5.52. The molecule has 92 valence electrons. The molecule has 0 fully saturated rings. The van der Waals surface area contributed by atoms with Crippen LogP contribution in [0, 0.1) is 0 Å². The van der Waals surface area contributed by atoms with Gasteiger partial charge in [-0.15, -0.1) is 0 Å². The Balaban J connectivity index is 2.04. The number of hydrogen-bond donors (Lipinski definition) is 1. The monoisotopic (exact) mass is 238 g/mol. The molecule has 0 radical (unpaired) electrons. The van der Waals surface area contributed by atoms with Crippen molar-refractivity contribution in [2.45, 2.75) is 19.4 Å². The summed E-state index contributed by atoms with van der Waals surface area (Å²) in [6.07, 6.45) is 2.36. The quantitative estimate of drug-likeness (QED) is 0.845. The van der Waals surface area contributed by atoms with Crippen molar-refractivity contribution in [1.29, 1.82) is 0 Å². The Bertz CT molecular complexity index is 500. The minimum Gasteiger partial charge on any atom is -0.388 e. The first-order valence-corrected chi connectivity index (χ1v) is 6.21. The van der Waals surface area contributed by atoms with Crippen molar-refractivity contribution in [2.24, 2.45) is 0 Å². The lowest BCUT2D eigenvalue weighted by Gasteiger charge is -2.11. The van der Waals surface area contributed by atoms with Crippen LogP contribution in [0.1, 0.15) is 30.6 Å². The van der Waals surface area contributed by atoms with Crippen LogP contribution in [0.3, 0.4) is 0 Å². The molecular weight excluding hydrogens is 220 g/mol. The first-order valence-electron chi connectivity index (χ1n) is 6.21. The van der Waals surface area contributed by atoms with Gasteiger partial charge in [0.2, 0.25) is 0 Å². The van der Waals surface area contributed by atoms with Crippen molar-refractivity contribution in [3.63, 3.8) is 0 Å². The standard InChI is InChI=1S/C17H18O/c1-14(12-15-8-4-2-5-9-15)13-17(18)16-10-6-3-7-11-16/h2-12,17-18H,13H2,1H3/b14-12-. The van der Waals surface area contributed by atoms with Crippen LogP contribution in [0.5, 0.6) is 0 Å². The second-order valence-electron chi connectivity index (χ2n) is 4.53. The molecule has 0 saturated heterocycles. The maximum absolute atomic E-state index is 10.1. The molecule has 0 aliphatic rings. The van der Waals surface area contributed by atoms with Gasteiger partial charge in [0.15, 0.2) is 0 Å². The molecule has 0 amide bonds. The van der Waals surface area contributed by atoms with E-state index in [9.17, 15) is 5.11 Å². The second-order valence-corrected chi connectivity index (χ2v) is 4.53. The molecule has 0 aliphatic carbocycles. The molecule has 1 heteroatoms. The Hall–Kier alpha value is -1.86. The van der Waals surface area contributed by atoms with Gasteiger partial charge < -0.3 is 5.11 Å². The van der Waals surface area contributed by atoms with Crippen LogP contribution in [0.15, 0.2) is 66.2 Å². The van der Waals surface area contributed by atoms with E-state index >= 15 is 0 Å². The highest BCUT2D eigenvalue weighted by atomic mass is 16.3. The summed E-state index contributed by atoms with van der Waals surface area (Å²) in [5.41, 5.74) is 3.33. The van der Waals surface area contributed by atoms with Gasteiger partial charge in [-0.3, -0.25) is 0 Å². The van der Waals surface area contributed by atoms with Crippen LogP contribution in [0.4, 0.5) is 0 Å². The van der Waals surface area contributed by atoms with Gasteiger partial charge in [0, 0.05) is 0 Å². The van der Waals surface area contributed by atoms with E-state index in [0.717, 1.165) is 5.56 Å². The zero-order valence-electron chi connectivity index (χ0n) is 10.6. The summed E-state index contributed by atoms with van der Waals surface area (Å²) in [6.45, 7) is 2.05. The van der Waals surface area contributed by atoms with Gasteiger partial charge in [0.05, 0.1) is 6.10 Å². The van der Waals surface area contributed by atoms with Gasteiger partial charge in [-0.1, -0.05) is 72.3 Å². The minimum atomic E-state index is -0.425. The maximum atomic E-state index is 10.1. The van der Waals surface area contributed by atoms with Gasteiger partial charge in [-0.25, -0.2) is 0 Å². The molecule has 2 aromatic carbocycles. The van der Waals surface area contributed by atoms with Gasteiger partial charge in [0.25, 0.3) is 0 Å². The second kappa shape index (κ2) is 6.18. The summed E-state index contributed by atoms with van der Waals surface area (Å²) >= 11 is 0. The van der Waals surface area contributed by atoms with E-state index in [-0.39, 0.29) is 0 Å². The Morgan fingerprint density at radius 2 is 1.56 bits per heavy atom. The number of benzene rings is 2. The Kier molecular flexibility index (Phi) is 4.32. The minimum absolute atomic E-state index is 0.425. The normalized spacial score (nSPS) is 13.3. The molecular formula is C17H18O. The van der Waals surface area contributed by atoms with Gasteiger partial charge >= 0.3 is 0 Å². The van der Waals surface area contributed by atoms with Crippen molar-refractivity contribution >= 4 is 6.08 Å². The summed E-state index contributed by atoms with van der Waals surface area (Å²) in [4.78, 5) is 0. The first kappa shape index (κ1) is 12.6.